The molecule has 4 aromatic rings. The molecule has 0 aliphatic carbocycles. The third kappa shape index (κ3) is 4.04. The van der Waals surface area contributed by atoms with Gasteiger partial charge < -0.3 is 9.47 Å². The van der Waals surface area contributed by atoms with E-state index in [4.69, 9.17) is 14.5 Å². The average molecular weight is 476 g/mol. The fourth-order valence-electron chi connectivity index (χ4n) is 4.11. The van der Waals surface area contributed by atoms with E-state index in [-0.39, 0.29) is 24.6 Å². The maximum absolute atomic E-state index is 13.6. The molecule has 1 aliphatic rings. The number of aryl methyl sites for hydroxylation is 2. The molecule has 9 heteroatoms. The number of rotatable bonds is 5. The second-order valence-electron chi connectivity index (χ2n) is 8.09. The Morgan fingerprint density at radius 1 is 1.15 bits per heavy atom. The van der Waals surface area contributed by atoms with E-state index in [9.17, 15) is 14.9 Å². The van der Waals surface area contributed by atoms with Crippen LogP contribution in [0.2, 0.25) is 0 Å². The summed E-state index contributed by atoms with van der Waals surface area (Å²) in [4.78, 5) is 29.4. The van der Waals surface area contributed by atoms with Crippen LogP contribution in [0.1, 0.15) is 22.3 Å². The number of nitro benzene ring substituents is 1. The Balaban J connectivity index is 1.63. The van der Waals surface area contributed by atoms with Crippen molar-refractivity contribution < 1.29 is 14.4 Å². The molecule has 0 amide bonds. The first-order valence-corrected chi connectivity index (χ1v) is 11.6. The summed E-state index contributed by atoms with van der Waals surface area (Å²) in [5.41, 5.74) is 4.51. The first kappa shape index (κ1) is 22.1. The van der Waals surface area contributed by atoms with Crippen molar-refractivity contribution in [3.8, 4) is 11.4 Å². The zero-order chi connectivity index (χ0) is 23.8. The highest BCUT2D eigenvalue weighted by Crippen LogP contribution is 2.36. The number of nitrogens with zero attached hydrogens (tertiary/aromatic N) is 3. The fourth-order valence-corrected chi connectivity index (χ4v) is 5.09. The van der Waals surface area contributed by atoms with Crippen LogP contribution in [-0.4, -0.2) is 21.3 Å². The summed E-state index contributed by atoms with van der Waals surface area (Å²) in [7, 11) is 0. The lowest BCUT2D eigenvalue weighted by Gasteiger charge is -2.21. The smallest absolute Gasteiger partial charge is 0.270 e. The Hall–Kier alpha value is -3.69. The van der Waals surface area contributed by atoms with Gasteiger partial charge in [-0.15, -0.1) is 0 Å². The number of fused-ring (bicyclic) bond motifs is 2. The van der Waals surface area contributed by atoms with Gasteiger partial charge in [0.2, 0.25) is 0 Å². The van der Waals surface area contributed by atoms with Gasteiger partial charge in [0.15, 0.2) is 11.9 Å². The van der Waals surface area contributed by atoms with Gasteiger partial charge in [-0.2, -0.15) is 0 Å². The lowest BCUT2D eigenvalue weighted by atomic mass is 10.1. The first-order chi connectivity index (χ1) is 16.4. The van der Waals surface area contributed by atoms with Crippen LogP contribution in [0.4, 0.5) is 5.69 Å². The zero-order valence-corrected chi connectivity index (χ0v) is 19.4. The average Bonchev–Trinajstić information content (AvgIpc) is 2.83. The van der Waals surface area contributed by atoms with Gasteiger partial charge in [-0.05, 0) is 37.6 Å². The predicted octanol–water partition coefficient (Wildman–Crippen LogP) is 5.07. The van der Waals surface area contributed by atoms with E-state index in [0.717, 1.165) is 16.8 Å². The quantitative estimate of drug-likeness (QED) is 0.172. The first-order valence-electron chi connectivity index (χ1n) is 10.7. The Labute approximate surface area is 199 Å². The van der Waals surface area contributed by atoms with Crippen LogP contribution < -0.4 is 10.3 Å². The Bertz CT molecular complexity index is 1500. The standard InChI is InChI=1S/C25H21N3O5S/c1-15-7-8-22(16(2)9-15)27-24(29)20-5-3-4-6-21(20)26-25(27)34-13-18-11-19(28(30)31)10-17-12-32-14-33-23(17)18/h3-11H,12-14H2,1-2H3. The molecule has 34 heavy (non-hydrogen) atoms. The van der Waals surface area contributed by atoms with Crippen LogP contribution in [-0.2, 0) is 17.1 Å². The van der Waals surface area contributed by atoms with E-state index in [1.165, 1.54) is 23.9 Å². The van der Waals surface area contributed by atoms with Gasteiger partial charge in [-0.1, -0.05) is 41.6 Å². The van der Waals surface area contributed by atoms with Crippen LogP contribution >= 0.6 is 11.8 Å². The van der Waals surface area contributed by atoms with Crippen LogP contribution in [0, 0.1) is 24.0 Å². The van der Waals surface area contributed by atoms with Gasteiger partial charge in [-0.25, -0.2) is 4.98 Å². The summed E-state index contributed by atoms with van der Waals surface area (Å²) in [5.74, 6) is 0.922. The minimum Gasteiger partial charge on any atom is -0.467 e. The van der Waals surface area contributed by atoms with Gasteiger partial charge in [0.05, 0.1) is 28.1 Å². The number of ether oxygens (including phenoxy) is 2. The molecule has 3 aromatic carbocycles. The van der Waals surface area contributed by atoms with Crippen molar-refractivity contribution in [2.75, 3.05) is 6.79 Å². The Morgan fingerprint density at radius 3 is 2.76 bits per heavy atom. The fraction of sp³-hybridized carbons (Fsp3) is 0.200. The minimum absolute atomic E-state index is 0.0262. The molecule has 5 rings (SSSR count). The maximum atomic E-state index is 13.6. The molecule has 0 saturated heterocycles. The maximum Gasteiger partial charge on any atom is 0.270 e. The summed E-state index contributed by atoms with van der Waals surface area (Å²) in [5, 5.41) is 12.5. The molecule has 0 spiro atoms. The van der Waals surface area contributed by atoms with Crippen LogP contribution in [0.3, 0.4) is 0 Å². The molecule has 0 N–H and O–H groups in total. The lowest BCUT2D eigenvalue weighted by Crippen LogP contribution is -2.22. The number of thioether (sulfide) groups is 1. The van der Waals surface area contributed by atoms with Crippen molar-refractivity contribution in [2.45, 2.75) is 31.4 Å². The van der Waals surface area contributed by atoms with E-state index in [1.807, 2.05) is 50.2 Å². The van der Waals surface area contributed by atoms with Gasteiger partial charge >= 0.3 is 0 Å². The molecule has 0 radical (unpaired) electrons. The normalized spacial score (nSPS) is 12.9. The second-order valence-corrected chi connectivity index (χ2v) is 9.03. The zero-order valence-electron chi connectivity index (χ0n) is 18.6. The van der Waals surface area contributed by atoms with E-state index < -0.39 is 4.92 Å². The molecular formula is C25H21N3O5S. The minimum atomic E-state index is -0.428. The Kier molecular flexibility index (Phi) is 5.80. The highest BCUT2D eigenvalue weighted by Gasteiger charge is 2.22. The Morgan fingerprint density at radius 2 is 1.97 bits per heavy atom. The number of benzene rings is 3. The summed E-state index contributed by atoms with van der Waals surface area (Å²) in [6, 6.07) is 16.1. The summed E-state index contributed by atoms with van der Waals surface area (Å²) in [6.45, 7) is 4.30. The molecule has 1 aliphatic heterocycles. The van der Waals surface area contributed by atoms with Crippen molar-refractivity contribution in [1.82, 2.24) is 9.55 Å². The highest BCUT2D eigenvalue weighted by atomic mass is 32.2. The van der Waals surface area contributed by atoms with Crippen molar-refractivity contribution in [1.29, 1.82) is 0 Å². The van der Waals surface area contributed by atoms with Gasteiger partial charge in [0, 0.05) is 29.0 Å². The van der Waals surface area contributed by atoms with Crippen molar-refractivity contribution in [3.63, 3.8) is 0 Å². The third-order valence-electron chi connectivity index (χ3n) is 5.68. The molecule has 2 heterocycles. The van der Waals surface area contributed by atoms with E-state index in [1.54, 1.807) is 10.6 Å². The molecule has 8 nitrogen and oxygen atoms in total. The second kappa shape index (κ2) is 8.92. The summed E-state index contributed by atoms with van der Waals surface area (Å²) >= 11 is 1.34. The van der Waals surface area contributed by atoms with Gasteiger partial charge in [0.1, 0.15) is 5.75 Å². The lowest BCUT2D eigenvalue weighted by molar-refractivity contribution is -0.385. The molecule has 0 fully saturated rings. The molecule has 0 bridgehead atoms. The topological polar surface area (TPSA) is 96.5 Å². The van der Waals surface area contributed by atoms with Crippen molar-refractivity contribution in [2.24, 2.45) is 0 Å². The van der Waals surface area contributed by atoms with Crippen LogP contribution in [0.15, 0.2) is 64.5 Å². The molecule has 0 atom stereocenters. The molecule has 1 aromatic heterocycles. The molecular weight excluding hydrogens is 454 g/mol. The highest BCUT2D eigenvalue weighted by molar-refractivity contribution is 7.98. The number of nitro groups is 1. The number of hydrogen-bond acceptors (Lipinski definition) is 7. The van der Waals surface area contributed by atoms with Gasteiger partial charge in [0.25, 0.3) is 11.2 Å². The van der Waals surface area contributed by atoms with E-state index in [0.29, 0.717) is 38.7 Å². The van der Waals surface area contributed by atoms with Gasteiger partial charge in [-0.3, -0.25) is 19.5 Å². The SMILES string of the molecule is Cc1ccc(-n2c(SCc3cc([N+](=O)[O-])cc4c3OCOC4)nc3ccccc3c2=O)c(C)c1. The van der Waals surface area contributed by atoms with E-state index >= 15 is 0 Å². The van der Waals surface area contributed by atoms with Crippen LogP contribution in [0.5, 0.6) is 5.75 Å². The van der Waals surface area contributed by atoms with Crippen LogP contribution in [0.25, 0.3) is 16.6 Å². The number of para-hydroxylation sites is 1. The third-order valence-corrected chi connectivity index (χ3v) is 6.66. The molecule has 172 valence electrons. The van der Waals surface area contributed by atoms with Crippen molar-refractivity contribution in [3.05, 3.63) is 97.3 Å². The number of hydrogen-bond donors (Lipinski definition) is 0. The predicted molar refractivity (Wildman–Crippen MR) is 130 cm³/mol. The summed E-state index contributed by atoms with van der Waals surface area (Å²) in [6.07, 6.45) is 0. The number of aromatic nitrogens is 2. The number of non-ortho nitro benzene ring substituents is 1. The molecule has 0 saturated carbocycles. The monoisotopic (exact) mass is 475 g/mol. The largest absolute Gasteiger partial charge is 0.467 e. The van der Waals surface area contributed by atoms with E-state index in [2.05, 4.69) is 0 Å². The summed E-state index contributed by atoms with van der Waals surface area (Å²) < 4.78 is 12.6. The molecule has 0 unspecified atom stereocenters. The van der Waals surface area contributed by atoms with Crippen molar-refractivity contribution >= 4 is 28.4 Å².